The Hall–Kier alpha value is -1.97. The lowest BCUT2D eigenvalue weighted by Gasteiger charge is -2.14. The van der Waals surface area contributed by atoms with Gasteiger partial charge in [0.25, 0.3) is 5.91 Å². The molecule has 0 radical (unpaired) electrons. The maximum atomic E-state index is 12.8. The minimum atomic E-state index is 0.0148. The Morgan fingerprint density at radius 1 is 1.25 bits per heavy atom. The summed E-state index contributed by atoms with van der Waals surface area (Å²) >= 11 is 0. The molecule has 1 aliphatic carbocycles. The van der Waals surface area contributed by atoms with Crippen molar-refractivity contribution in [3.63, 3.8) is 0 Å². The van der Waals surface area contributed by atoms with Crippen molar-refractivity contribution in [2.45, 2.75) is 52.0 Å². The van der Waals surface area contributed by atoms with Crippen LogP contribution < -0.4 is 10.1 Å². The number of nitrogens with one attached hydrogen (secondary N) is 1. The lowest BCUT2D eigenvalue weighted by atomic mass is 10.0. The largest absolute Gasteiger partial charge is 0.496 e. The van der Waals surface area contributed by atoms with Crippen molar-refractivity contribution >= 4 is 16.8 Å². The number of nitrogens with zero attached hydrogens (tertiary/aromatic N) is 1. The van der Waals surface area contributed by atoms with Crippen LogP contribution >= 0.6 is 0 Å². The van der Waals surface area contributed by atoms with Crippen LogP contribution in [-0.2, 0) is 6.54 Å². The summed E-state index contributed by atoms with van der Waals surface area (Å²) in [5, 5.41) is 4.09. The molecule has 0 saturated heterocycles. The van der Waals surface area contributed by atoms with Gasteiger partial charge in [0.2, 0.25) is 0 Å². The Morgan fingerprint density at radius 2 is 2.00 bits per heavy atom. The highest BCUT2D eigenvalue weighted by Crippen LogP contribution is 2.31. The monoisotopic (exact) mass is 328 g/mol. The Balaban J connectivity index is 1.81. The van der Waals surface area contributed by atoms with Gasteiger partial charge in [-0.2, -0.15) is 0 Å². The summed E-state index contributed by atoms with van der Waals surface area (Å²) in [6.45, 7) is 3.71. The van der Waals surface area contributed by atoms with Crippen LogP contribution in [0.25, 0.3) is 10.9 Å². The fraction of sp³-hybridized carbons (Fsp3) is 0.550. The summed E-state index contributed by atoms with van der Waals surface area (Å²) in [5.41, 5.74) is 1.77. The molecule has 0 unspecified atom stereocenters. The average Bonchev–Trinajstić information content (AvgIpc) is 2.80. The van der Waals surface area contributed by atoms with E-state index < -0.39 is 0 Å². The topological polar surface area (TPSA) is 43.3 Å². The normalized spacial score (nSPS) is 16.1. The Labute approximate surface area is 144 Å². The average molecular weight is 328 g/mol. The van der Waals surface area contributed by atoms with Crippen molar-refractivity contribution < 1.29 is 9.53 Å². The lowest BCUT2D eigenvalue weighted by Crippen LogP contribution is -2.29. The second kappa shape index (κ2) is 7.73. The standard InChI is InChI=1S/C20H28N2O2/c1-3-22-14-16(19-17(22)11-8-12-18(19)24-2)20(23)21-13-15-9-6-4-5-7-10-15/h8,11-12,14-15H,3-7,9-10,13H2,1-2H3,(H,21,23). The molecule has 0 atom stereocenters. The van der Waals surface area contributed by atoms with Gasteiger partial charge in [-0.15, -0.1) is 0 Å². The van der Waals surface area contributed by atoms with Crippen molar-refractivity contribution in [1.29, 1.82) is 0 Å². The second-order valence-corrected chi connectivity index (χ2v) is 6.75. The number of aromatic nitrogens is 1. The van der Waals surface area contributed by atoms with Crippen molar-refractivity contribution in [1.82, 2.24) is 9.88 Å². The maximum Gasteiger partial charge on any atom is 0.253 e. The molecule has 4 nitrogen and oxygen atoms in total. The number of carbonyl (C=O) groups excluding carboxylic acids is 1. The van der Waals surface area contributed by atoms with Gasteiger partial charge in [0, 0.05) is 19.3 Å². The smallest absolute Gasteiger partial charge is 0.253 e. The molecule has 1 aromatic carbocycles. The summed E-state index contributed by atoms with van der Waals surface area (Å²) in [7, 11) is 1.66. The number of aryl methyl sites for hydroxylation is 1. The van der Waals surface area contributed by atoms with Crippen molar-refractivity contribution in [3.05, 3.63) is 30.0 Å². The molecule has 1 aliphatic rings. The molecule has 0 aliphatic heterocycles. The summed E-state index contributed by atoms with van der Waals surface area (Å²) in [4.78, 5) is 12.8. The van der Waals surface area contributed by atoms with E-state index in [0.717, 1.165) is 35.3 Å². The second-order valence-electron chi connectivity index (χ2n) is 6.75. The number of amides is 1. The summed E-state index contributed by atoms with van der Waals surface area (Å²) in [6, 6.07) is 5.94. The minimum absolute atomic E-state index is 0.0148. The molecule has 2 aromatic rings. The van der Waals surface area contributed by atoms with Gasteiger partial charge in [-0.1, -0.05) is 31.7 Å². The SMILES string of the molecule is CCn1cc(C(=O)NCC2CCCCCC2)c2c(OC)cccc21. The van der Waals surface area contributed by atoms with Crippen molar-refractivity contribution in [2.75, 3.05) is 13.7 Å². The first-order valence-electron chi connectivity index (χ1n) is 9.18. The lowest BCUT2D eigenvalue weighted by molar-refractivity contribution is 0.0947. The zero-order chi connectivity index (χ0) is 16.9. The molecule has 4 heteroatoms. The van der Waals surface area contributed by atoms with Crippen LogP contribution in [0.1, 0.15) is 55.8 Å². The molecule has 0 spiro atoms. The van der Waals surface area contributed by atoms with Gasteiger partial charge in [0.1, 0.15) is 5.75 Å². The number of rotatable bonds is 5. The maximum absolute atomic E-state index is 12.8. The van der Waals surface area contributed by atoms with E-state index in [-0.39, 0.29) is 5.91 Å². The van der Waals surface area contributed by atoms with Gasteiger partial charge in [-0.05, 0) is 37.8 Å². The highest BCUT2D eigenvalue weighted by molar-refractivity contribution is 6.09. The molecule has 1 saturated carbocycles. The van der Waals surface area contributed by atoms with Crippen LogP contribution in [-0.4, -0.2) is 24.1 Å². The number of carbonyl (C=O) groups is 1. The number of ether oxygens (including phenoxy) is 1. The van der Waals surface area contributed by atoms with Crippen LogP contribution in [0.2, 0.25) is 0 Å². The number of benzene rings is 1. The molecule has 0 bridgehead atoms. The van der Waals surface area contributed by atoms with Gasteiger partial charge < -0.3 is 14.6 Å². The van der Waals surface area contributed by atoms with E-state index in [2.05, 4.69) is 16.8 Å². The van der Waals surface area contributed by atoms with Gasteiger partial charge in [0.15, 0.2) is 0 Å². The molecule has 1 aromatic heterocycles. The van der Waals surface area contributed by atoms with Crippen molar-refractivity contribution in [3.8, 4) is 5.75 Å². The summed E-state index contributed by atoms with van der Waals surface area (Å²) in [5.74, 6) is 1.40. The molecular formula is C20H28N2O2. The first-order valence-corrected chi connectivity index (χ1v) is 9.18. The van der Waals surface area contributed by atoms with E-state index in [1.807, 2.05) is 24.4 Å². The number of methoxy groups -OCH3 is 1. The third-order valence-electron chi connectivity index (χ3n) is 5.20. The molecule has 130 valence electrons. The number of fused-ring (bicyclic) bond motifs is 1. The Morgan fingerprint density at radius 3 is 2.67 bits per heavy atom. The van der Waals surface area contributed by atoms with Gasteiger partial charge in [-0.25, -0.2) is 0 Å². The van der Waals surface area contributed by atoms with Crippen LogP contribution in [0.15, 0.2) is 24.4 Å². The highest BCUT2D eigenvalue weighted by atomic mass is 16.5. The summed E-state index contributed by atoms with van der Waals surface area (Å²) < 4.78 is 7.60. The molecule has 3 rings (SSSR count). The van der Waals surface area contributed by atoms with Crippen molar-refractivity contribution in [2.24, 2.45) is 5.92 Å². The van der Waals surface area contributed by atoms with E-state index in [9.17, 15) is 4.79 Å². The van der Waals surface area contributed by atoms with Crippen LogP contribution in [0, 0.1) is 5.92 Å². The minimum Gasteiger partial charge on any atom is -0.496 e. The van der Waals surface area contributed by atoms with E-state index in [1.54, 1.807) is 7.11 Å². The summed E-state index contributed by atoms with van der Waals surface area (Å²) in [6.07, 6.45) is 9.69. The van der Waals surface area contributed by atoms with E-state index >= 15 is 0 Å². The van der Waals surface area contributed by atoms with E-state index in [0.29, 0.717) is 5.92 Å². The Bertz CT molecular complexity index is 697. The number of hydrogen-bond donors (Lipinski definition) is 1. The first-order chi connectivity index (χ1) is 11.7. The highest BCUT2D eigenvalue weighted by Gasteiger charge is 2.19. The molecule has 1 fully saturated rings. The quantitative estimate of drug-likeness (QED) is 0.828. The Kier molecular flexibility index (Phi) is 5.44. The molecule has 1 amide bonds. The van der Waals surface area contributed by atoms with E-state index in [4.69, 9.17) is 4.74 Å². The predicted molar refractivity (Wildman–Crippen MR) is 97.7 cm³/mol. The van der Waals surface area contributed by atoms with Gasteiger partial charge >= 0.3 is 0 Å². The molecule has 1 N–H and O–H groups in total. The molecule has 24 heavy (non-hydrogen) atoms. The predicted octanol–water partition coefficient (Wildman–Crippen LogP) is 4.37. The molecular weight excluding hydrogens is 300 g/mol. The van der Waals surface area contributed by atoms with Gasteiger partial charge in [-0.3, -0.25) is 4.79 Å². The zero-order valence-electron chi connectivity index (χ0n) is 14.8. The van der Waals surface area contributed by atoms with Crippen LogP contribution in [0.4, 0.5) is 0 Å². The van der Waals surface area contributed by atoms with Gasteiger partial charge in [0.05, 0.1) is 23.6 Å². The fourth-order valence-electron chi connectivity index (χ4n) is 3.82. The first kappa shape index (κ1) is 16.9. The third kappa shape index (κ3) is 3.42. The van der Waals surface area contributed by atoms with Crippen LogP contribution in [0.3, 0.4) is 0 Å². The third-order valence-corrected chi connectivity index (χ3v) is 5.20. The van der Waals surface area contributed by atoms with Crippen LogP contribution in [0.5, 0.6) is 5.75 Å². The number of hydrogen-bond acceptors (Lipinski definition) is 2. The molecule has 1 heterocycles. The fourth-order valence-corrected chi connectivity index (χ4v) is 3.82. The van der Waals surface area contributed by atoms with E-state index in [1.165, 1.54) is 38.5 Å². The zero-order valence-corrected chi connectivity index (χ0v) is 14.8.